The molecule has 0 radical (unpaired) electrons. The van der Waals surface area contributed by atoms with Crippen LogP contribution in [0.15, 0.2) is 29.3 Å². The molecular weight excluding hydrogens is 352 g/mol. The molecule has 0 aromatic heterocycles. The molecule has 2 unspecified atom stereocenters. The van der Waals surface area contributed by atoms with Gasteiger partial charge in [0.1, 0.15) is 5.75 Å². The molecule has 2 aliphatic rings. The average molecular weight is 381 g/mol. The van der Waals surface area contributed by atoms with Gasteiger partial charge in [-0.15, -0.1) is 0 Å². The standard InChI is InChI=1S/C18H28N4O3S/c1-19-18(20-11-14-8-10-26(23,24)13-14)21-15-7-9-22(12-15)16-5-3-4-6-17(16)25-2/h3-6,14-15H,7-13H2,1-2H3,(H2,19,20,21). The number of ether oxygens (including phenoxy) is 1. The van der Waals surface area contributed by atoms with Crippen molar-refractivity contribution in [3.63, 3.8) is 0 Å². The summed E-state index contributed by atoms with van der Waals surface area (Å²) in [6, 6.07) is 8.34. The molecule has 1 aromatic rings. The van der Waals surface area contributed by atoms with Crippen LogP contribution in [-0.2, 0) is 9.84 Å². The number of nitrogens with zero attached hydrogens (tertiary/aromatic N) is 2. The molecule has 0 saturated carbocycles. The average Bonchev–Trinajstić information content (AvgIpc) is 3.24. The third kappa shape index (κ3) is 4.60. The van der Waals surface area contributed by atoms with Crippen LogP contribution >= 0.6 is 0 Å². The molecule has 7 nitrogen and oxygen atoms in total. The Morgan fingerprint density at radius 1 is 1.35 bits per heavy atom. The molecule has 0 aliphatic carbocycles. The monoisotopic (exact) mass is 380 g/mol. The second-order valence-corrected chi connectivity index (χ2v) is 9.20. The van der Waals surface area contributed by atoms with Crippen molar-refractivity contribution in [3.8, 4) is 5.75 Å². The van der Waals surface area contributed by atoms with E-state index in [1.54, 1.807) is 14.2 Å². The Kier molecular flexibility index (Phi) is 5.90. The fourth-order valence-corrected chi connectivity index (χ4v) is 5.51. The van der Waals surface area contributed by atoms with Gasteiger partial charge in [-0.1, -0.05) is 12.1 Å². The lowest BCUT2D eigenvalue weighted by Gasteiger charge is -2.22. The van der Waals surface area contributed by atoms with Crippen molar-refractivity contribution in [1.29, 1.82) is 0 Å². The Labute approximate surface area is 155 Å². The smallest absolute Gasteiger partial charge is 0.191 e. The summed E-state index contributed by atoms with van der Waals surface area (Å²) in [6.45, 7) is 2.47. The van der Waals surface area contributed by atoms with Crippen LogP contribution < -0.4 is 20.3 Å². The van der Waals surface area contributed by atoms with E-state index in [2.05, 4.69) is 26.6 Å². The summed E-state index contributed by atoms with van der Waals surface area (Å²) < 4.78 is 28.6. The molecule has 3 rings (SSSR count). The summed E-state index contributed by atoms with van der Waals surface area (Å²) >= 11 is 0. The molecule has 2 saturated heterocycles. The van der Waals surface area contributed by atoms with Crippen LogP contribution in [0.25, 0.3) is 0 Å². The summed E-state index contributed by atoms with van der Waals surface area (Å²) in [4.78, 5) is 6.59. The fraction of sp³-hybridized carbons (Fsp3) is 0.611. The maximum absolute atomic E-state index is 11.6. The predicted molar refractivity (Wildman–Crippen MR) is 105 cm³/mol. The summed E-state index contributed by atoms with van der Waals surface area (Å²) in [7, 11) is 0.602. The van der Waals surface area contributed by atoms with E-state index in [1.165, 1.54) is 0 Å². The van der Waals surface area contributed by atoms with Gasteiger partial charge in [0.25, 0.3) is 0 Å². The van der Waals surface area contributed by atoms with Crippen molar-refractivity contribution in [3.05, 3.63) is 24.3 Å². The van der Waals surface area contributed by atoms with Crippen molar-refractivity contribution < 1.29 is 13.2 Å². The van der Waals surface area contributed by atoms with Crippen molar-refractivity contribution in [2.24, 2.45) is 10.9 Å². The predicted octanol–water partition coefficient (Wildman–Crippen LogP) is 0.874. The van der Waals surface area contributed by atoms with Crippen LogP contribution in [0, 0.1) is 5.92 Å². The normalized spacial score (nSPS) is 25.3. The van der Waals surface area contributed by atoms with E-state index in [0.717, 1.165) is 43.3 Å². The lowest BCUT2D eigenvalue weighted by molar-refractivity contribution is 0.415. The van der Waals surface area contributed by atoms with Crippen LogP contribution in [-0.4, -0.2) is 65.7 Å². The molecule has 2 N–H and O–H groups in total. The topological polar surface area (TPSA) is 83.0 Å². The molecular formula is C18H28N4O3S. The van der Waals surface area contributed by atoms with Crippen LogP contribution in [0.4, 0.5) is 5.69 Å². The van der Waals surface area contributed by atoms with Crippen molar-refractivity contribution in [1.82, 2.24) is 10.6 Å². The van der Waals surface area contributed by atoms with Crippen LogP contribution in [0.1, 0.15) is 12.8 Å². The number of hydrogen-bond acceptors (Lipinski definition) is 5. The van der Waals surface area contributed by atoms with Gasteiger partial charge >= 0.3 is 0 Å². The molecule has 2 heterocycles. The summed E-state index contributed by atoms with van der Waals surface area (Å²) in [5.41, 5.74) is 1.11. The quantitative estimate of drug-likeness (QED) is 0.583. The lowest BCUT2D eigenvalue weighted by atomic mass is 10.1. The zero-order valence-corrected chi connectivity index (χ0v) is 16.3. The molecule has 0 bridgehead atoms. The lowest BCUT2D eigenvalue weighted by Crippen LogP contribution is -2.46. The number of hydrogen-bond donors (Lipinski definition) is 2. The molecule has 0 amide bonds. The van der Waals surface area contributed by atoms with Gasteiger partial charge in [-0.05, 0) is 30.9 Å². The van der Waals surface area contributed by atoms with Crippen LogP contribution in [0.5, 0.6) is 5.75 Å². The molecule has 8 heteroatoms. The second kappa shape index (κ2) is 8.16. The minimum absolute atomic E-state index is 0.173. The highest BCUT2D eigenvalue weighted by Gasteiger charge is 2.28. The number of aliphatic imine (C=N–C) groups is 1. The van der Waals surface area contributed by atoms with Crippen molar-refractivity contribution >= 4 is 21.5 Å². The van der Waals surface area contributed by atoms with Gasteiger partial charge in [0.2, 0.25) is 0 Å². The number of sulfone groups is 1. The van der Waals surface area contributed by atoms with E-state index in [1.807, 2.05) is 18.2 Å². The Morgan fingerprint density at radius 2 is 2.15 bits per heavy atom. The highest BCUT2D eigenvalue weighted by Crippen LogP contribution is 2.30. The molecule has 1 aromatic carbocycles. The van der Waals surface area contributed by atoms with E-state index < -0.39 is 9.84 Å². The van der Waals surface area contributed by atoms with Gasteiger partial charge in [0.15, 0.2) is 15.8 Å². The number of anilines is 1. The van der Waals surface area contributed by atoms with Gasteiger partial charge in [-0.2, -0.15) is 0 Å². The van der Waals surface area contributed by atoms with Crippen molar-refractivity contribution in [2.45, 2.75) is 18.9 Å². The molecule has 144 valence electrons. The number of guanidine groups is 1. The maximum atomic E-state index is 11.6. The Bertz CT molecular complexity index is 751. The first-order valence-electron chi connectivity index (χ1n) is 9.06. The summed E-state index contributed by atoms with van der Waals surface area (Å²) in [6.07, 6.45) is 1.74. The first-order valence-corrected chi connectivity index (χ1v) is 10.9. The van der Waals surface area contributed by atoms with E-state index in [4.69, 9.17) is 4.74 Å². The molecule has 0 spiro atoms. The minimum Gasteiger partial charge on any atom is -0.495 e. The highest BCUT2D eigenvalue weighted by molar-refractivity contribution is 7.91. The first kappa shape index (κ1) is 18.8. The maximum Gasteiger partial charge on any atom is 0.191 e. The van der Waals surface area contributed by atoms with Gasteiger partial charge in [-0.25, -0.2) is 8.42 Å². The molecule has 2 aliphatic heterocycles. The third-order valence-electron chi connectivity index (χ3n) is 5.06. The Balaban J connectivity index is 1.51. The minimum atomic E-state index is -2.84. The first-order chi connectivity index (χ1) is 12.5. The number of rotatable bonds is 5. The fourth-order valence-electron chi connectivity index (χ4n) is 3.65. The zero-order chi connectivity index (χ0) is 18.6. The largest absolute Gasteiger partial charge is 0.495 e. The van der Waals surface area contributed by atoms with Crippen molar-refractivity contribution in [2.75, 3.05) is 50.2 Å². The van der Waals surface area contributed by atoms with Gasteiger partial charge in [0, 0.05) is 32.7 Å². The van der Waals surface area contributed by atoms with E-state index in [0.29, 0.717) is 18.3 Å². The number of benzene rings is 1. The number of para-hydroxylation sites is 2. The van der Waals surface area contributed by atoms with E-state index in [9.17, 15) is 8.42 Å². The second-order valence-electron chi connectivity index (χ2n) is 6.97. The Morgan fingerprint density at radius 3 is 2.85 bits per heavy atom. The van der Waals surface area contributed by atoms with Crippen LogP contribution in [0.3, 0.4) is 0 Å². The van der Waals surface area contributed by atoms with Crippen LogP contribution in [0.2, 0.25) is 0 Å². The third-order valence-corrected chi connectivity index (χ3v) is 6.90. The van der Waals surface area contributed by atoms with Gasteiger partial charge < -0.3 is 20.3 Å². The van der Waals surface area contributed by atoms with E-state index >= 15 is 0 Å². The highest BCUT2D eigenvalue weighted by atomic mass is 32.2. The number of nitrogens with one attached hydrogen (secondary N) is 2. The summed E-state index contributed by atoms with van der Waals surface area (Å²) in [5, 5.41) is 6.74. The molecule has 26 heavy (non-hydrogen) atoms. The van der Waals surface area contributed by atoms with Gasteiger partial charge in [-0.3, -0.25) is 4.99 Å². The number of methoxy groups -OCH3 is 1. The van der Waals surface area contributed by atoms with E-state index in [-0.39, 0.29) is 11.7 Å². The summed E-state index contributed by atoms with van der Waals surface area (Å²) in [5.74, 6) is 2.38. The van der Waals surface area contributed by atoms with Gasteiger partial charge in [0.05, 0.1) is 24.3 Å². The zero-order valence-electron chi connectivity index (χ0n) is 15.4. The SMILES string of the molecule is CN=C(NCC1CCS(=O)(=O)C1)NC1CCN(c2ccccc2OC)C1. The molecule has 2 fully saturated rings. The molecule has 2 atom stereocenters. The Hall–Kier alpha value is -1.96.